The molecule has 1 fully saturated rings. The predicted molar refractivity (Wildman–Crippen MR) is 71.5 cm³/mol. The molecule has 88 valence electrons. The third-order valence-electron chi connectivity index (χ3n) is 3.55. The van der Waals surface area contributed by atoms with Crippen molar-refractivity contribution >= 4 is 21.7 Å². The lowest BCUT2D eigenvalue weighted by molar-refractivity contribution is 0.268. The summed E-state index contributed by atoms with van der Waals surface area (Å²) in [4.78, 5) is 4.39. The van der Waals surface area contributed by atoms with E-state index in [2.05, 4.69) is 33.2 Å². The number of hydrogen-bond donors (Lipinski definition) is 1. The molecule has 2 rings (SSSR count). The Morgan fingerprint density at radius 1 is 1.38 bits per heavy atom. The van der Waals surface area contributed by atoms with Gasteiger partial charge in [-0.3, -0.25) is 0 Å². The first-order chi connectivity index (χ1) is 7.75. The first-order valence-electron chi connectivity index (χ1n) is 6.12. The third kappa shape index (κ3) is 3.21. The van der Waals surface area contributed by atoms with Gasteiger partial charge in [0.2, 0.25) is 0 Å². The van der Waals surface area contributed by atoms with E-state index in [0.717, 1.165) is 28.8 Å². The average Bonchev–Trinajstić information content (AvgIpc) is 2.28. The van der Waals surface area contributed by atoms with Crippen molar-refractivity contribution in [3.05, 3.63) is 22.8 Å². The Morgan fingerprint density at radius 3 is 2.94 bits per heavy atom. The number of nitrogens with zero attached hydrogens (tertiary/aromatic N) is 1. The zero-order chi connectivity index (χ0) is 11.4. The van der Waals surface area contributed by atoms with Crippen LogP contribution in [0.25, 0.3) is 0 Å². The van der Waals surface area contributed by atoms with Gasteiger partial charge in [0.25, 0.3) is 0 Å². The molecule has 16 heavy (non-hydrogen) atoms. The summed E-state index contributed by atoms with van der Waals surface area (Å²) in [6.45, 7) is 3.43. The summed E-state index contributed by atoms with van der Waals surface area (Å²) >= 11 is 3.39. The molecule has 1 aromatic heterocycles. The SMILES string of the molecule is CC1CCCCC1CNc1cccc(Br)n1. The van der Waals surface area contributed by atoms with Crippen LogP contribution in [-0.4, -0.2) is 11.5 Å². The van der Waals surface area contributed by atoms with Crippen LogP contribution >= 0.6 is 15.9 Å². The minimum atomic E-state index is 0.814. The molecule has 2 unspecified atom stereocenters. The fraction of sp³-hybridized carbons (Fsp3) is 0.615. The second-order valence-corrected chi connectivity index (χ2v) is 5.56. The molecule has 1 heterocycles. The monoisotopic (exact) mass is 282 g/mol. The Morgan fingerprint density at radius 2 is 2.19 bits per heavy atom. The highest BCUT2D eigenvalue weighted by Crippen LogP contribution is 2.29. The van der Waals surface area contributed by atoms with Crippen molar-refractivity contribution in [2.45, 2.75) is 32.6 Å². The number of rotatable bonds is 3. The highest BCUT2D eigenvalue weighted by Gasteiger charge is 2.20. The van der Waals surface area contributed by atoms with E-state index in [1.54, 1.807) is 0 Å². The lowest BCUT2D eigenvalue weighted by atomic mass is 9.80. The van der Waals surface area contributed by atoms with Crippen LogP contribution in [0.15, 0.2) is 22.8 Å². The van der Waals surface area contributed by atoms with Crippen molar-refractivity contribution < 1.29 is 0 Å². The minimum absolute atomic E-state index is 0.814. The second-order valence-electron chi connectivity index (χ2n) is 4.75. The maximum atomic E-state index is 4.39. The summed E-state index contributed by atoms with van der Waals surface area (Å²) < 4.78 is 0.897. The van der Waals surface area contributed by atoms with Gasteiger partial charge in [0.05, 0.1) is 0 Å². The summed E-state index contributed by atoms with van der Waals surface area (Å²) in [6, 6.07) is 6.00. The van der Waals surface area contributed by atoms with Gasteiger partial charge in [0.1, 0.15) is 10.4 Å². The second kappa shape index (κ2) is 5.67. The molecular formula is C13H19BrN2. The van der Waals surface area contributed by atoms with E-state index in [9.17, 15) is 0 Å². The van der Waals surface area contributed by atoms with Crippen LogP contribution in [0.1, 0.15) is 32.6 Å². The van der Waals surface area contributed by atoms with E-state index in [-0.39, 0.29) is 0 Å². The normalized spacial score (nSPS) is 25.4. The largest absolute Gasteiger partial charge is 0.370 e. The molecule has 1 aliphatic rings. The van der Waals surface area contributed by atoms with E-state index >= 15 is 0 Å². The van der Waals surface area contributed by atoms with Crippen molar-refractivity contribution in [1.29, 1.82) is 0 Å². The van der Waals surface area contributed by atoms with Crippen LogP contribution in [0.4, 0.5) is 5.82 Å². The van der Waals surface area contributed by atoms with E-state index in [1.807, 2.05) is 18.2 Å². The summed E-state index contributed by atoms with van der Waals surface area (Å²) in [5, 5.41) is 3.44. The van der Waals surface area contributed by atoms with Crippen LogP contribution in [0.5, 0.6) is 0 Å². The minimum Gasteiger partial charge on any atom is -0.370 e. The Hall–Kier alpha value is -0.570. The highest BCUT2D eigenvalue weighted by atomic mass is 79.9. The molecule has 3 heteroatoms. The third-order valence-corrected chi connectivity index (χ3v) is 3.99. The van der Waals surface area contributed by atoms with Crippen molar-refractivity contribution in [3.8, 4) is 0 Å². The zero-order valence-electron chi connectivity index (χ0n) is 9.75. The van der Waals surface area contributed by atoms with Gasteiger partial charge in [-0.15, -0.1) is 0 Å². The van der Waals surface area contributed by atoms with Gasteiger partial charge in [-0.25, -0.2) is 4.98 Å². The van der Waals surface area contributed by atoms with Crippen molar-refractivity contribution in [2.24, 2.45) is 11.8 Å². The van der Waals surface area contributed by atoms with E-state index < -0.39 is 0 Å². The fourth-order valence-electron chi connectivity index (χ4n) is 2.44. The number of nitrogens with one attached hydrogen (secondary N) is 1. The Labute approximate surface area is 106 Å². The number of halogens is 1. The standard InChI is InChI=1S/C13H19BrN2/c1-10-5-2-3-6-11(10)9-15-13-8-4-7-12(14)16-13/h4,7-8,10-11H,2-3,5-6,9H2,1H3,(H,15,16). The zero-order valence-corrected chi connectivity index (χ0v) is 11.3. The van der Waals surface area contributed by atoms with Crippen LogP contribution in [0.3, 0.4) is 0 Å². The molecule has 0 spiro atoms. The van der Waals surface area contributed by atoms with Gasteiger partial charge in [0.15, 0.2) is 0 Å². The van der Waals surface area contributed by atoms with Crippen molar-refractivity contribution in [3.63, 3.8) is 0 Å². The van der Waals surface area contributed by atoms with Crippen LogP contribution in [0.2, 0.25) is 0 Å². The molecule has 1 aromatic rings. The van der Waals surface area contributed by atoms with Crippen LogP contribution < -0.4 is 5.32 Å². The van der Waals surface area contributed by atoms with E-state index in [0.29, 0.717) is 0 Å². The molecule has 0 bridgehead atoms. The predicted octanol–water partition coefficient (Wildman–Crippen LogP) is 4.08. The maximum absolute atomic E-state index is 4.39. The Kier molecular flexibility index (Phi) is 4.22. The average molecular weight is 283 g/mol. The molecule has 1 aliphatic carbocycles. The molecule has 0 radical (unpaired) electrons. The molecule has 2 nitrogen and oxygen atoms in total. The molecule has 0 amide bonds. The number of hydrogen-bond acceptors (Lipinski definition) is 2. The molecule has 0 aliphatic heterocycles. The molecule has 0 saturated heterocycles. The first-order valence-corrected chi connectivity index (χ1v) is 6.91. The molecular weight excluding hydrogens is 264 g/mol. The molecule has 1 N–H and O–H groups in total. The Balaban J connectivity index is 1.86. The van der Waals surface area contributed by atoms with Gasteiger partial charge in [-0.1, -0.05) is 32.3 Å². The van der Waals surface area contributed by atoms with Gasteiger partial charge < -0.3 is 5.32 Å². The number of anilines is 1. The summed E-state index contributed by atoms with van der Waals surface area (Å²) in [5.41, 5.74) is 0. The van der Waals surface area contributed by atoms with E-state index in [4.69, 9.17) is 0 Å². The lowest BCUT2D eigenvalue weighted by Gasteiger charge is -2.28. The van der Waals surface area contributed by atoms with Gasteiger partial charge >= 0.3 is 0 Å². The van der Waals surface area contributed by atoms with E-state index in [1.165, 1.54) is 25.7 Å². The van der Waals surface area contributed by atoms with Crippen molar-refractivity contribution in [2.75, 3.05) is 11.9 Å². The van der Waals surface area contributed by atoms with Gasteiger partial charge in [-0.05, 0) is 46.3 Å². The summed E-state index contributed by atoms with van der Waals surface area (Å²) in [6.07, 6.45) is 5.55. The smallest absolute Gasteiger partial charge is 0.127 e. The highest BCUT2D eigenvalue weighted by molar-refractivity contribution is 9.10. The Bertz CT molecular complexity index is 340. The molecule has 1 saturated carbocycles. The van der Waals surface area contributed by atoms with Crippen molar-refractivity contribution in [1.82, 2.24) is 4.98 Å². The lowest BCUT2D eigenvalue weighted by Crippen LogP contribution is -2.24. The quantitative estimate of drug-likeness (QED) is 0.845. The number of pyridine rings is 1. The summed E-state index contributed by atoms with van der Waals surface area (Å²) in [7, 11) is 0. The van der Waals surface area contributed by atoms with Crippen LogP contribution in [0, 0.1) is 11.8 Å². The summed E-state index contributed by atoms with van der Waals surface area (Å²) in [5.74, 6) is 2.65. The first kappa shape index (κ1) is 11.9. The molecule has 2 atom stereocenters. The topological polar surface area (TPSA) is 24.9 Å². The number of aromatic nitrogens is 1. The maximum Gasteiger partial charge on any atom is 0.127 e. The van der Waals surface area contributed by atoms with Gasteiger partial charge in [0, 0.05) is 6.54 Å². The van der Waals surface area contributed by atoms with Gasteiger partial charge in [-0.2, -0.15) is 0 Å². The fourth-order valence-corrected chi connectivity index (χ4v) is 2.78. The molecule has 0 aromatic carbocycles. The van der Waals surface area contributed by atoms with Crippen LogP contribution in [-0.2, 0) is 0 Å².